The third-order valence-corrected chi connectivity index (χ3v) is 4.14. The number of nitrogens with zero attached hydrogens (tertiary/aromatic N) is 3. The summed E-state index contributed by atoms with van der Waals surface area (Å²) in [6.45, 7) is 17.8. The Kier molecular flexibility index (Phi) is 8.99. The normalized spacial score (nSPS) is 12.4. The Morgan fingerprint density at radius 2 is 1.86 bits per heavy atom. The van der Waals surface area contributed by atoms with Gasteiger partial charge in [-0.15, -0.1) is 0 Å². The largest absolute Gasteiger partial charge is 0.383 e. The fraction of sp³-hybridized carbons (Fsp3) is 0.261. The van der Waals surface area contributed by atoms with Crippen LogP contribution in [0.25, 0.3) is 0 Å². The van der Waals surface area contributed by atoms with Gasteiger partial charge in [-0.3, -0.25) is 10.0 Å². The molecule has 0 amide bonds. The van der Waals surface area contributed by atoms with Gasteiger partial charge in [0.15, 0.2) is 0 Å². The van der Waals surface area contributed by atoms with E-state index in [1.807, 2.05) is 75.5 Å². The molecule has 28 heavy (non-hydrogen) atoms. The lowest BCUT2D eigenvalue weighted by atomic mass is 10.1. The lowest BCUT2D eigenvalue weighted by molar-refractivity contribution is 0.560. The minimum absolute atomic E-state index is 0.752. The van der Waals surface area contributed by atoms with Crippen LogP contribution in [-0.2, 0) is 0 Å². The third kappa shape index (κ3) is 6.59. The van der Waals surface area contributed by atoms with E-state index in [1.54, 1.807) is 6.20 Å². The number of nitrogens with one attached hydrogen (secondary N) is 2. The van der Waals surface area contributed by atoms with Gasteiger partial charge >= 0.3 is 0 Å². The van der Waals surface area contributed by atoms with E-state index in [-0.39, 0.29) is 0 Å². The standard InChI is InChI=1S/C23H33N5/c1-10-21(16-27(8)9)18(4)15-25-19(5)20(6)26-22-12-13-23(17(3)14-22)28(11-2)24-7/h10-16,24,26H,1-2,6H2,3-5,7-9H3/b18-15+,21-16+,25-19?. The molecule has 0 fully saturated rings. The zero-order valence-corrected chi connectivity index (χ0v) is 18.0. The van der Waals surface area contributed by atoms with Gasteiger partial charge in [0, 0.05) is 45.4 Å². The van der Waals surface area contributed by atoms with Crippen molar-refractivity contribution in [2.24, 2.45) is 4.99 Å². The predicted molar refractivity (Wildman–Crippen MR) is 125 cm³/mol. The Morgan fingerprint density at radius 1 is 1.18 bits per heavy atom. The quantitative estimate of drug-likeness (QED) is 0.341. The van der Waals surface area contributed by atoms with Gasteiger partial charge in [-0.1, -0.05) is 25.8 Å². The van der Waals surface area contributed by atoms with Crippen molar-refractivity contribution in [1.82, 2.24) is 10.3 Å². The fourth-order valence-electron chi connectivity index (χ4n) is 2.52. The van der Waals surface area contributed by atoms with Crippen molar-refractivity contribution < 1.29 is 0 Å². The zero-order valence-electron chi connectivity index (χ0n) is 18.0. The van der Waals surface area contributed by atoms with Crippen molar-refractivity contribution in [1.29, 1.82) is 0 Å². The highest BCUT2D eigenvalue weighted by Gasteiger charge is 2.06. The fourth-order valence-corrected chi connectivity index (χ4v) is 2.52. The summed E-state index contributed by atoms with van der Waals surface area (Å²) in [6.07, 6.45) is 7.41. The first-order valence-corrected chi connectivity index (χ1v) is 9.11. The highest BCUT2D eigenvalue weighted by Crippen LogP contribution is 2.23. The average Bonchev–Trinajstić information content (AvgIpc) is 2.66. The number of aryl methyl sites for hydroxylation is 1. The van der Waals surface area contributed by atoms with E-state index in [4.69, 9.17) is 0 Å². The van der Waals surface area contributed by atoms with Gasteiger partial charge in [-0.2, -0.15) is 0 Å². The Hall–Kier alpha value is -3.05. The number of rotatable bonds is 10. The first kappa shape index (κ1) is 23.0. The van der Waals surface area contributed by atoms with E-state index < -0.39 is 0 Å². The maximum absolute atomic E-state index is 4.54. The molecular formula is C23H33N5. The van der Waals surface area contributed by atoms with Gasteiger partial charge in [0.05, 0.1) is 17.1 Å². The minimum Gasteiger partial charge on any atom is -0.383 e. The van der Waals surface area contributed by atoms with Crippen LogP contribution in [0.5, 0.6) is 0 Å². The molecule has 2 N–H and O–H groups in total. The van der Waals surface area contributed by atoms with Crippen LogP contribution in [-0.4, -0.2) is 31.8 Å². The summed E-state index contributed by atoms with van der Waals surface area (Å²) in [5.74, 6) is 0. The van der Waals surface area contributed by atoms with Crippen LogP contribution >= 0.6 is 0 Å². The molecule has 5 nitrogen and oxygen atoms in total. The molecule has 0 saturated carbocycles. The summed E-state index contributed by atoms with van der Waals surface area (Å²) < 4.78 is 0. The molecule has 1 aromatic carbocycles. The molecule has 5 heteroatoms. The molecule has 0 aliphatic rings. The Labute approximate surface area is 170 Å². The molecule has 0 bridgehead atoms. The predicted octanol–water partition coefficient (Wildman–Crippen LogP) is 5.00. The van der Waals surface area contributed by atoms with Crippen molar-refractivity contribution in [2.75, 3.05) is 31.5 Å². The first-order chi connectivity index (χ1) is 13.2. The maximum Gasteiger partial charge on any atom is 0.0601 e. The van der Waals surface area contributed by atoms with E-state index >= 15 is 0 Å². The molecule has 0 atom stereocenters. The second kappa shape index (κ2) is 10.9. The molecule has 0 unspecified atom stereocenters. The molecular weight excluding hydrogens is 346 g/mol. The van der Waals surface area contributed by atoms with Crippen molar-refractivity contribution in [3.05, 3.63) is 85.0 Å². The summed E-state index contributed by atoms with van der Waals surface area (Å²) in [5, 5.41) is 5.19. The molecule has 1 aromatic rings. The van der Waals surface area contributed by atoms with Crippen LogP contribution in [0, 0.1) is 6.92 Å². The summed E-state index contributed by atoms with van der Waals surface area (Å²) in [7, 11) is 5.82. The topological polar surface area (TPSA) is 42.9 Å². The van der Waals surface area contributed by atoms with Crippen LogP contribution in [0.15, 0.2) is 84.4 Å². The van der Waals surface area contributed by atoms with Crippen molar-refractivity contribution >= 4 is 17.1 Å². The van der Waals surface area contributed by atoms with E-state index in [2.05, 4.69) is 48.5 Å². The summed E-state index contributed by atoms with van der Waals surface area (Å²) in [5.41, 5.74) is 9.83. The SMILES string of the molecule is C=CC(=C\N(C)C)/C(C)=C/N=C(C)C(=C)Nc1ccc(N(C=C)NC)c(C)c1. The summed E-state index contributed by atoms with van der Waals surface area (Å²) in [4.78, 5) is 6.53. The average molecular weight is 380 g/mol. The smallest absolute Gasteiger partial charge is 0.0601 e. The van der Waals surface area contributed by atoms with Crippen molar-refractivity contribution in [3.8, 4) is 0 Å². The van der Waals surface area contributed by atoms with Crippen molar-refractivity contribution in [2.45, 2.75) is 20.8 Å². The van der Waals surface area contributed by atoms with Gasteiger partial charge in [0.1, 0.15) is 0 Å². The number of hydrazine groups is 1. The Morgan fingerprint density at radius 3 is 2.36 bits per heavy atom. The molecule has 0 aromatic heterocycles. The lowest BCUT2D eigenvalue weighted by Crippen LogP contribution is -2.29. The number of hydrogen-bond acceptors (Lipinski definition) is 5. The van der Waals surface area contributed by atoms with Crippen molar-refractivity contribution in [3.63, 3.8) is 0 Å². The third-order valence-electron chi connectivity index (χ3n) is 4.14. The molecule has 1 rings (SSSR count). The van der Waals surface area contributed by atoms with Crippen LogP contribution in [0.4, 0.5) is 11.4 Å². The molecule has 0 heterocycles. The van der Waals surface area contributed by atoms with E-state index in [0.29, 0.717) is 0 Å². The van der Waals surface area contributed by atoms with Gasteiger partial charge < -0.3 is 10.2 Å². The number of hydrogen-bond donors (Lipinski definition) is 2. The molecule has 0 aliphatic carbocycles. The molecule has 0 saturated heterocycles. The lowest BCUT2D eigenvalue weighted by Gasteiger charge is -2.21. The molecule has 0 spiro atoms. The van der Waals surface area contributed by atoms with E-state index in [0.717, 1.165) is 39.5 Å². The van der Waals surface area contributed by atoms with Crippen LogP contribution < -0.4 is 15.8 Å². The highest BCUT2D eigenvalue weighted by atomic mass is 15.5. The molecule has 0 radical (unpaired) electrons. The second-order valence-electron chi connectivity index (χ2n) is 6.66. The summed E-state index contributed by atoms with van der Waals surface area (Å²) in [6, 6.07) is 6.10. The van der Waals surface area contributed by atoms with Gasteiger partial charge in [-0.05, 0) is 55.7 Å². The Balaban J connectivity index is 2.94. The van der Waals surface area contributed by atoms with Gasteiger partial charge in [0.2, 0.25) is 0 Å². The van der Waals surface area contributed by atoms with Gasteiger partial charge in [-0.25, -0.2) is 5.43 Å². The minimum atomic E-state index is 0.752. The summed E-state index contributed by atoms with van der Waals surface area (Å²) >= 11 is 0. The van der Waals surface area contributed by atoms with Crippen LogP contribution in [0.3, 0.4) is 0 Å². The zero-order chi connectivity index (χ0) is 21.3. The highest BCUT2D eigenvalue weighted by molar-refractivity contribution is 6.00. The van der Waals surface area contributed by atoms with Gasteiger partial charge in [0.25, 0.3) is 0 Å². The molecule has 150 valence electrons. The Bertz CT molecular complexity index is 812. The second-order valence-corrected chi connectivity index (χ2v) is 6.66. The van der Waals surface area contributed by atoms with E-state index in [9.17, 15) is 0 Å². The maximum atomic E-state index is 4.54. The number of allylic oxidation sites excluding steroid dienone is 4. The monoisotopic (exact) mass is 379 g/mol. The number of benzene rings is 1. The van der Waals surface area contributed by atoms with Crippen LogP contribution in [0.2, 0.25) is 0 Å². The number of anilines is 2. The number of aliphatic imine (C=N–C) groups is 1. The van der Waals surface area contributed by atoms with E-state index in [1.165, 1.54) is 0 Å². The van der Waals surface area contributed by atoms with Crippen LogP contribution in [0.1, 0.15) is 19.4 Å². The molecule has 0 aliphatic heterocycles. The first-order valence-electron chi connectivity index (χ1n) is 9.11.